The second-order valence-corrected chi connectivity index (χ2v) is 0.983. The van der Waals surface area contributed by atoms with Gasteiger partial charge in [-0.05, 0) is 13.8 Å². The number of rotatable bonds is 0. The molecule has 0 N–H and O–H groups in total. The molecule has 0 atom stereocenters. The molecule has 0 saturated heterocycles. The molecule has 0 spiro atoms. The fraction of sp³-hybridized carbons (Fsp3) is 0.500. The zero-order valence-corrected chi connectivity index (χ0v) is 14.6. The smallest absolute Gasteiger partial charge is 0.550 e. The van der Waals surface area contributed by atoms with Gasteiger partial charge in [-0.25, -0.2) is 0 Å². The Morgan fingerprint density at radius 2 is 0.909 bits per heavy atom. The second kappa shape index (κ2) is 22.6. The minimum absolute atomic E-state index is 0. The summed E-state index contributed by atoms with van der Waals surface area (Å²) in [4.78, 5) is 17.8. The first-order chi connectivity index (χ1) is 3.46. The Hall–Kier alpha value is 1.82. The molecule has 0 saturated carbocycles. The normalized spacial score (nSPS) is 4.55. The van der Waals surface area contributed by atoms with E-state index in [1.165, 1.54) is 0 Å². The Kier molecular flexibility index (Phi) is 60.3. The Labute approximate surface area is 129 Å². The molecule has 0 fully saturated rings. The summed E-state index contributed by atoms with van der Waals surface area (Å²) in [5, 5.41) is 17.8. The zero-order valence-electron chi connectivity index (χ0n) is 7.08. The van der Waals surface area contributed by atoms with E-state index in [4.69, 9.17) is 19.8 Å². The summed E-state index contributed by atoms with van der Waals surface area (Å²) in [7, 11) is 0. The maximum atomic E-state index is 8.89. The van der Waals surface area contributed by atoms with Crippen LogP contribution in [0.15, 0.2) is 0 Å². The van der Waals surface area contributed by atoms with Crippen LogP contribution in [0.4, 0.5) is 0 Å². The fourth-order valence-corrected chi connectivity index (χ4v) is 0. The van der Waals surface area contributed by atoms with Crippen molar-refractivity contribution in [3.63, 3.8) is 0 Å². The topological polar surface area (TPSA) is 80.3 Å². The Morgan fingerprint density at radius 1 is 0.909 bits per heavy atom. The van der Waals surface area contributed by atoms with Crippen LogP contribution < -0.4 is 69.3 Å². The fourth-order valence-electron chi connectivity index (χ4n) is 0. The van der Waals surface area contributed by atoms with Gasteiger partial charge in [-0.3, -0.25) is 0 Å². The van der Waals surface area contributed by atoms with Crippen LogP contribution in [-0.2, 0) is 9.59 Å². The van der Waals surface area contributed by atoms with E-state index < -0.39 is 11.9 Å². The minimum Gasteiger partial charge on any atom is -0.550 e. The molecule has 2 radical (unpaired) electrons. The molecule has 0 bridgehead atoms. The van der Waals surface area contributed by atoms with E-state index in [9.17, 15) is 0 Å². The van der Waals surface area contributed by atoms with E-state index in [0.717, 1.165) is 13.8 Å². The number of hydrogen-bond acceptors (Lipinski definition) is 4. The van der Waals surface area contributed by atoms with E-state index >= 15 is 0 Å². The molecule has 0 heterocycles. The van der Waals surface area contributed by atoms with Gasteiger partial charge in [-0.1, -0.05) is 0 Å². The van der Waals surface area contributed by atoms with Gasteiger partial charge in [0, 0.05) is 11.9 Å². The maximum Gasteiger partial charge on any atom is 3.00 e. The maximum absolute atomic E-state index is 8.89. The summed E-state index contributed by atoms with van der Waals surface area (Å²) in [6, 6.07) is 0. The summed E-state index contributed by atoms with van der Waals surface area (Å²) in [5.74, 6) is -2.17. The van der Waals surface area contributed by atoms with Crippen molar-refractivity contribution in [1.82, 2.24) is 0 Å². The van der Waals surface area contributed by atoms with Gasteiger partial charge in [0.2, 0.25) is 0 Å². The van der Waals surface area contributed by atoms with Crippen LogP contribution >= 0.6 is 0 Å². The number of aliphatic carboxylic acids is 2. The van der Waals surface area contributed by atoms with Crippen molar-refractivity contribution in [2.45, 2.75) is 13.8 Å². The van der Waals surface area contributed by atoms with Gasteiger partial charge in [0.1, 0.15) is 0 Å². The molecular weight excluding hydrogens is 367 g/mol. The van der Waals surface area contributed by atoms with Gasteiger partial charge in [-0.2, -0.15) is 0 Å². The Morgan fingerprint density at radius 3 is 0.909 bits per heavy atom. The first-order valence-corrected chi connectivity index (χ1v) is 1.82. The van der Waals surface area contributed by atoms with Crippen molar-refractivity contribution in [2.24, 2.45) is 0 Å². The second-order valence-electron chi connectivity index (χ2n) is 0.983. The van der Waals surface area contributed by atoms with Gasteiger partial charge >= 0.3 is 85.3 Å². The predicted molar refractivity (Wildman–Crippen MR) is 27.1 cm³/mol. The van der Waals surface area contributed by atoms with E-state index in [1.54, 1.807) is 0 Å². The average Bonchev–Trinajstić information content (AvgIpc) is 1.25. The van der Waals surface area contributed by atoms with E-state index in [1.807, 2.05) is 0 Å². The average molecular weight is 373 g/mol. The Balaban J connectivity index is -0.0000000171. The molecule has 0 aliphatic rings. The first-order valence-electron chi connectivity index (χ1n) is 1.82. The van der Waals surface area contributed by atoms with Crippen LogP contribution in [0.1, 0.15) is 13.8 Å². The summed E-state index contributed by atoms with van der Waals surface area (Å²) >= 11 is 0. The Bertz CT molecular complexity index is 78.1. The molecule has 50 valence electrons. The third kappa shape index (κ3) is 343. The number of carbonyl (C=O) groups is 2. The molecule has 0 aromatic rings. The summed E-state index contributed by atoms with van der Waals surface area (Å²) in [5.41, 5.74) is 0. The van der Waals surface area contributed by atoms with E-state index in [2.05, 4.69) is 0 Å². The van der Waals surface area contributed by atoms with Gasteiger partial charge in [0.25, 0.3) is 0 Å². The van der Waals surface area contributed by atoms with Crippen molar-refractivity contribution in [3.8, 4) is 0 Å². The summed E-state index contributed by atoms with van der Waals surface area (Å²) in [6.07, 6.45) is 0. The minimum atomic E-state index is -1.08. The summed E-state index contributed by atoms with van der Waals surface area (Å²) < 4.78 is 0. The standard InChI is InChI=1S/2C2H4O2.Bi.2Na/c2*1-2(3)4;;;/h2*1H3,(H,3,4);;;/q;;+3;2*+1/p-2. The van der Waals surface area contributed by atoms with Crippen molar-refractivity contribution >= 4 is 38.1 Å². The molecule has 7 heteroatoms. The third-order valence-electron chi connectivity index (χ3n) is 0. The van der Waals surface area contributed by atoms with E-state index in [-0.39, 0.29) is 85.3 Å². The molecule has 0 amide bonds. The molecule has 0 aliphatic carbocycles. The quantitative estimate of drug-likeness (QED) is 0.395. The summed E-state index contributed by atoms with van der Waals surface area (Å²) in [6.45, 7) is 1.94. The molecule has 0 rings (SSSR count). The number of carbonyl (C=O) groups excluding carboxylic acids is 2. The van der Waals surface area contributed by atoms with Crippen LogP contribution in [0.2, 0.25) is 0 Å². The van der Waals surface area contributed by atoms with E-state index in [0.29, 0.717) is 0 Å². The van der Waals surface area contributed by atoms with Crippen molar-refractivity contribution in [3.05, 3.63) is 0 Å². The van der Waals surface area contributed by atoms with Crippen LogP contribution in [-0.4, -0.2) is 38.1 Å². The van der Waals surface area contributed by atoms with Crippen LogP contribution in [0.25, 0.3) is 0 Å². The molecule has 0 aliphatic heterocycles. The molecule has 0 unspecified atom stereocenters. The predicted octanol–water partition coefficient (Wildman–Crippen LogP) is -8.86. The van der Waals surface area contributed by atoms with Gasteiger partial charge < -0.3 is 19.8 Å². The zero-order chi connectivity index (χ0) is 7.15. The third-order valence-corrected chi connectivity index (χ3v) is 0. The monoisotopic (exact) mass is 373 g/mol. The van der Waals surface area contributed by atoms with Crippen molar-refractivity contribution in [1.29, 1.82) is 0 Å². The largest absolute Gasteiger partial charge is 3.00 e. The SMILES string of the molecule is CC(=O)[O-].CC(=O)[O-].[Bi+3].[Na+].[Na+]. The van der Waals surface area contributed by atoms with Crippen molar-refractivity contribution < 1.29 is 78.9 Å². The molecular formula is C4H6BiNa2O4+3. The number of carboxylic acids is 2. The van der Waals surface area contributed by atoms with Gasteiger partial charge in [0.15, 0.2) is 0 Å². The van der Waals surface area contributed by atoms with Crippen LogP contribution in [0, 0.1) is 0 Å². The van der Waals surface area contributed by atoms with Crippen LogP contribution in [0.3, 0.4) is 0 Å². The first kappa shape index (κ1) is 29.3. The van der Waals surface area contributed by atoms with Crippen LogP contribution in [0.5, 0.6) is 0 Å². The number of hydrogen-bond donors (Lipinski definition) is 0. The van der Waals surface area contributed by atoms with Crippen molar-refractivity contribution in [2.75, 3.05) is 0 Å². The molecule has 0 aromatic carbocycles. The molecule has 0 aromatic heterocycles. The van der Waals surface area contributed by atoms with Gasteiger partial charge in [-0.15, -0.1) is 0 Å². The molecule has 4 nitrogen and oxygen atoms in total. The van der Waals surface area contributed by atoms with Gasteiger partial charge in [0.05, 0.1) is 0 Å². The number of carboxylic acid groups (broad SMARTS) is 2. The molecule has 11 heavy (non-hydrogen) atoms.